The van der Waals surface area contributed by atoms with Gasteiger partial charge in [0.25, 0.3) is 10.0 Å². The van der Waals surface area contributed by atoms with Crippen LogP contribution in [0.5, 0.6) is 5.75 Å². The number of aryl methyl sites for hydroxylation is 1. The smallest absolute Gasteiger partial charge is 0.311 e. The summed E-state index contributed by atoms with van der Waals surface area (Å²) in [5.74, 6) is -0.120. The largest absolute Gasteiger partial charge is 0.425 e. The number of halogens is 1. The van der Waals surface area contributed by atoms with Crippen LogP contribution in [0, 0.1) is 6.92 Å². The molecule has 0 fully saturated rings. The molecule has 0 bridgehead atoms. The van der Waals surface area contributed by atoms with Crippen molar-refractivity contribution in [1.29, 1.82) is 0 Å². The van der Waals surface area contributed by atoms with Crippen molar-refractivity contribution < 1.29 is 17.9 Å². The Hall–Kier alpha value is -1.41. The fourth-order valence-electron chi connectivity index (χ4n) is 1.99. The molecule has 130 valence electrons. The molecule has 0 atom stereocenters. The molecule has 0 aliphatic heterocycles. The number of ether oxygens (including phenoxy) is 1. The molecule has 0 radical (unpaired) electrons. The molecule has 0 saturated carbocycles. The first-order valence-corrected chi connectivity index (χ1v) is 9.97. The standard InChI is InChI=1S/C16H18ClNO4S2/c1-12-7-8-13(17)14(11-12)22-15(19)5-3-9-18(2)24(20,21)16-6-4-10-23-16/h4,6-8,10-11H,3,5,9H2,1-2H3. The van der Waals surface area contributed by atoms with E-state index in [1.165, 1.54) is 22.7 Å². The molecule has 5 nitrogen and oxygen atoms in total. The van der Waals surface area contributed by atoms with Gasteiger partial charge in [-0.25, -0.2) is 12.7 Å². The van der Waals surface area contributed by atoms with E-state index in [-0.39, 0.29) is 13.0 Å². The molecule has 1 heterocycles. The van der Waals surface area contributed by atoms with Crippen LogP contribution in [0.2, 0.25) is 5.02 Å². The maximum absolute atomic E-state index is 12.2. The Morgan fingerprint density at radius 3 is 2.75 bits per heavy atom. The zero-order valence-electron chi connectivity index (χ0n) is 13.4. The van der Waals surface area contributed by atoms with Crippen LogP contribution in [0.4, 0.5) is 0 Å². The molecular formula is C16H18ClNO4S2. The van der Waals surface area contributed by atoms with Gasteiger partial charge in [0.2, 0.25) is 0 Å². The number of esters is 1. The van der Waals surface area contributed by atoms with Crippen LogP contribution in [0.1, 0.15) is 18.4 Å². The molecule has 1 aromatic heterocycles. The highest BCUT2D eigenvalue weighted by Gasteiger charge is 2.21. The Morgan fingerprint density at radius 1 is 1.33 bits per heavy atom. The number of nitrogens with zero attached hydrogens (tertiary/aromatic N) is 1. The molecular weight excluding hydrogens is 370 g/mol. The van der Waals surface area contributed by atoms with Crippen LogP contribution in [0.25, 0.3) is 0 Å². The maximum atomic E-state index is 12.2. The highest BCUT2D eigenvalue weighted by atomic mass is 35.5. The second kappa shape index (κ2) is 8.11. The first-order valence-electron chi connectivity index (χ1n) is 7.27. The van der Waals surface area contributed by atoms with Crippen LogP contribution in [0.15, 0.2) is 39.9 Å². The topological polar surface area (TPSA) is 63.7 Å². The number of carbonyl (C=O) groups is 1. The van der Waals surface area contributed by atoms with Crippen molar-refractivity contribution in [2.24, 2.45) is 0 Å². The summed E-state index contributed by atoms with van der Waals surface area (Å²) in [5, 5.41) is 2.08. The van der Waals surface area contributed by atoms with Crippen LogP contribution in [-0.4, -0.2) is 32.3 Å². The molecule has 0 aliphatic carbocycles. The quantitative estimate of drug-likeness (QED) is 0.536. The average molecular weight is 388 g/mol. The minimum absolute atomic E-state index is 0.106. The summed E-state index contributed by atoms with van der Waals surface area (Å²) in [6.07, 6.45) is 0.470. The molecule has 0 amide bonds. The van der Waals surface area contributed by atoms with Crippen molar-refractivity contribution in [3.8, 4) is 5.75 Å². The Kier molecular flexibility index (Phi) is 6.40. The van der Waals surface area contributed by atoms with Crippen LogP contribution >= 0.6 is 22.9 Å². The number of thiophene rings is 1. The van der Waals surface area contributed by atoms with Gasteiger partial charge in [-0.3, -0.25) is 4.79 Å². The summed E-state index contributed by atoms with van der Waals surface area (Å²) in [7, 11) is -1.99. The predicted octanol–water partition coefficient (Wildman–Crippen LogP) is 3.72. The number of carbonyl (C=O) groups excluding carboxylic acids is 1. The van der Waals surface area contributed by atoms with Gasteiger partial charge in [0, 0.05) is 20.0 Å². The number of rotatable bonds is 7. The number of hydrogen-bond acceptors (Lipinski definition) is 5. The predicted molar refractivity (Wildman–Crippen MR) is 95.2 cm³/mol. The van der Waals surface area contributed by atoms with Crippen molar-refractivity contribution in [2.75, 3.05) is 13.6 Å². The lowest BCUT2D eigenvalue weighted by molar-refractivity contribution is -0.134. The third-order valence-electron chi connectivity index (χ3n) is 3.32. The van der Waals surface area contributed by atoms with Gasteiger partial charge in [-0.15, -0.1) is 11.3 Å². The van der Waals surface area contributed by atoms with Crippen LogP contribution in [-0.2, 0) is 14.8 Å². The minimum Gasteiger partial charge on any atom is -0.425 e. The van der Waals surface area contributed by atoms with Gasteiger partial charge in [-0.05, 0) is 42.5 Å². The van der Waals surface area contributed by atoms with Crippen molar-refractivity contribution in [3.63, 3.8) is 0 Å². The fraction of sp³-hybridized carbons (Fsp3) is 0.312. The molecule has 2 rings (SSSR count). The summed E-state index contributed by atoms with van der Waals surface area (Å²) in [4.78, 5) is 11.9. The van der Waals surface area contributed by atoms with Gasteiger partial charge in [0.15, 0.2) is 0 Å². The highest BCUT2D eigenvalue weighted by Crippen LogP contribution is 2.26. The zero-order valence-corrected chi connectivity index (χ0v) is 15.7. The third-order valence-corrected chi connectivity index (χ3v) is 6.87. The van der Waals surface area contributed by atoms with E-state index in [9.17, 15) is 13.2 Å². The lowest BCUT2D eigenvalue weighted by atomic mass is 10.2. The van der Waals surface area contributed by atoms with Gasteiger partial charge in [-0.2, -0.15) is 0 Å². The third kappa shape index (κ3) is 4.80. The number of sulfonamides is 1. The molecule has 0 saturated heterocycles. The van der Waals surface area contributed by atoms with Gasteiger partial charge in [0.1, 0.15) is 9.96 Å². The Labute approximate surface area is 150 Å². The van der Waals surface area contributed by atoms with Gasteiger partial charge < -0.3 is 4.74 Å². The van der Waals surface area contributed by atoms with E-state index in [1.54, 1.807) is 29.6 Å². The van der Waals surface area contributed by atoms with E-state index in [4.69, 9.17) is 16.3 Å². The molecule has 0 unspecified atom stereocenters. The SMILES string of the molecule is Cc1ccc(Cl)c(OC(=O)CCCN(C)S(=O)(=O)c2cccs2)c1. The van der Waals surface area contributed by atoms with Crippen molar-refractivity contribution in [2.45, 2.75) is 24.0 Å². The lowest BCUT2D eigenvalue weighted by Gasteiger charge is -2.15. The molecule has 0 spiro atoms. The first-order chi connectivity index (χ1) is 11.3. The normalized spacial score (nSPS) is 11.7. The lowest BCUT2D eigenvalue weighted by Crippen LogP contribution is -2.28. The van der Waals surface area contributed by atoms with E-state index in [1.807, 2.05) is 13.0 Å². The zero-order chi connectivity index (χ0) is 17.7. The Morgan fingerprint density at radius 2 is 2.08 bits per heavy atom. The summed E-state index contributed by atoms with van der Waals surface area (Å²) in [5.41, 5.74) is 0.934. The minimum atomic E-state index is -3.49. The van der Waals surface area contributed by atoms with E-state index in [2.05, 4.69) is 0 Å². The summed E-state index contributed by atoms with van der Waals surface area (Å²) >= 11 is 7.14. The summed E-state index contributed by atoms with van der Waals surface area (Å²) < 4.78 is 31.3. The van der Waals surface area contributed by atoms with Gasteiger partial charge >= 0.3 is 5.97 Å². The Bertz CT molecular complexity index is 803. The second-order valence-electron chi connectivity index (χ2n) is 5.27. The Balaban J connectivity index is 1.85. The van der Waals surface area contributed by atoms with E-state index >= 15 is 0 Å². The molecule has 8 heteroatoms. The van der Waals surface area contributed by atoms with Crippen molar-refractivity contribution in [3.05, 3.63) is 46.3 Å². The fourth-order valence-corrected chi connectivity index (χ4v) is 4.56. The van der Waals surface area contributed by atoms with Crippen molar-refractivity contribution >= 4 is 38.9 Å². The molecule has 24 heavy (non-hydrogen) atoms. The van der Waals surface area contributed by atoms with Crippen molar-refractivity contribution in [1.82, 2.24) is 4.31 Å². The second-order valence-corrected chi connectivity index (χ2v) is 8.90. The van der Waals surface area contributed by atoms with Crippen LogP contribution in [0.3, 0.4) is 0 Å². The van der Waals surface area contributed by atoms with E-state index in [0.717, 1.165) is 5.56 Å². The van der Waals surface area contributed by atoms with Gasteiger partial charge in [-0.1, -0.05) is 23.7 Å². The maximum Gasteiger partial charge on any atom is 0.311 e. The van der Waals surface area contributed by atoms with E-state index in [0.29, 0.717) is 21.4 Å². The molecule has 2 aromatic rings. The summed E-state index contributed by atoms with van der Waals surface area (Å²) in [6.45, 7) is 2.11. The first kappa shape index (κ1) is 18.9. The monoisotopic (exact) mass is 387 g/mol. The molecule has 0 N–H and O–H groups in total. The number of hydrogen-bond donors (Lipinski definition) is 0. The highest BCUT2D eigenvalue weighted by molar-refractivity contribution is 7.91. The average Bonchev–Trinajstić information content (AvgIpc) is 3.06. The molecule has 1 aromatic carbocycles. The number of benzene rings is 1. The summed E-state index contributed by atoms with van der Waals surface area (Å²) in [6, 6.07) is 8.43. The van der Waals surface area contributed by atoms with Crippen LogP contribution < -0.4 is 4.74 Å². The van der Waals surface area contributed by atoms with E-state index < -0.39 is 16.0 Å². The molecule has 0 aliphatic rings. The van der Waals surface area contributed by atoms with Gasteiger partial charge in [0.05, 0.1) is 5.02 Å².